The van der Waals surface area contributed by atoms with Crippen molar-refractivity contribution in [3.8, 4) is 11.5 Å². The first-order valence-corrected chi connectivity index (χ1v) is 11.3. The van der Waals surface area contributed by atoms with Gasteiger partial charge in [-0.1, -0.05) is 54.6 Å². The van der Waals surface area contributed by atoms with Crippen molar-refractivity contribution in [3.05, 3.63) is 83.9 Å². The van der Waals surface area contributed by atoms with Crippen molar-refractivity contribution in [3.63, 3.8) is 0 Å². The monoisotopic (exact) mass is 426 g/mol. The summed E-state index contributed by atoms with van der Waals surface area (Å²) in [6, 6.07) is 25.6. The molecular weight excluding hydrogens is 400 g/mol. The van der Waals surface area contributed by atoms with E-state index in [1.54, 1.807) is 0 Å². The van der Waals surface area contributed by atoms with Gasteiger partial charge in [0.25, 0.3) is 0 Å². The molecule has 4 heteroatoms. The van der Waals surface area contributed by atoms with Crippen LogP contribution in [0.25, 0.3) is 21.5 Å². The quantitative estimate of drug-likeness (QED) is 0.348. The predicted octanol–water partition coefficient (Wildman–Crippen LogP) is 5.53. The fraction of sp³-hybridized carbons (Fsp3) is 0.286. The number of hydrogen-bond acceptors (Lipinski definition) is 4. The van der Waals surface area contributed by atoms with Crippen molar-refractivity contribution < 1.29 is 18.9 Å². The molecule has 2 unspecified atom stereocenters. The number of epoxide rings is 1. The van der Waals surface area contributed by atoms with Crippen LogP contribution >= 0.6 is 0 Å². The van der Waals surface area contributed by atoms with Gasteiger partial charge < -0.3 is 18.9 Å². The third kappa shape index (κ3) is 4.04. The van der Waals surface area contributed by atoms with E-state index < -0.39 is 0 Å². The highest BCUT2D eigenvalue weighted by atomic mass is 16.6. The van der Waals surface area contributed by atoms with Crippen molar-refractivity contribution in [1.29, 1.82) is 0 Å². The molecule has 2 heterocycles. The second-order valence-electron chi connectivity index (χ2n) is 8.60. The number of hydrogen-bond donors (Lipinski definition) is 0. The number of ether oxygens (including phenoxy) is 4. The van der Waals surface area contributed by atoms with E-state index in [1.165, 1.54) is 32.7 Å². The molecule has 0 aliphatic carbocycles. The Kier molecular flexibility index (Phi) is 5.18. The van der Waals surface area contributed by atoms with Crippen LogP contribution in [-0.2, 0) is 15.9 Å². The number of benzene rings is 4. The van der Waals surface area contributed by atoms with Crippen LogP contribution in [-0.4, -0.2) is 38.6 Å². The van der Waals surface area contributed by atoms with E-state index in [2.05, 4.69) is 66.7 Å². The van der Waals surface area contributed by atoms with Gasteiger partial charge in [0.2, 0.25) is 0 Å². The SMILES string of the molecule is c1cc(Cc2c(OCC3CO3)ccc3ccccc23)c2cc(OCC3CCO3)ccc2c1. The van der Waals surface area contributed by atoms with Gasteiger partial charge in [-0.05, 0) is 45.3 Å². The highest BCUT2D eigenvalue weighted by Crippen LogP contribution is 2.34. The maximum absolute atomic E-state index is 6.20. The lowest BCUT2D eigenvalue weighted by Crippen LogP contribution is -2.32. The van der Waals surface area contributed by atoms with E-state index in [1.807, 2.05) is 6.07 Å². The van der Waals surface area contributed by atoms with Gasteiger partial charge in [0.05, 0.1) is 12.7 Å². The Morgan fingerprint density at radius 2 is 1.53 bits per heavy atom. The fourth-order valence-electron chi connectivity index (χ4n) is 4.34. The van der Waals surface area contributed by atoms with E-state index in [0.717, 1.165) is 37.6 Å². The minimum absolute atomic E-state index is 0.228. The zero-order valence-corrected chi connectivity index (χ0v) is 18.0. The Balaban J connectivity index is 1.36. The second-order valence-corrected chi connectivity index (χ2v) is 8.60. The molecule has 4 nitrogen and oxygen atoms in total. The van der Waals surface area contributed by atoms with Gasteiger partial charge in [-0.2, -0.15) is 0 Å². The molecule has 0 bridgehead atoms. The van der Waals surface area contributed by atoms with Crippen LogP contribution in [0.1, 0.15) is 17.5 Å². The molecule has 0 radical (unpaired) electrons. The van der Waals surface area contributed by atoms with Gasteiger partial charge in [-0.15, -0.1) is 0 Å². The second kappa shape index (κ2) is 8.45. The summed E-state index contributed by atoms with van der Waals surface area (Å²) >= 11 is 0. The Morgan fingerprint density at radius 3 is 2.38 bits per heavy atom. The molecule has 2 saturated heterocycles. The van der Waals surface area contributed by atoms with E-state index >= 15 is 0 Å². The maximum atomic E-state index is 6.20. The first-order chi connectivity index (χ1) is 15.8. The summed E-state index contributed by atoms with van der Waals surface area (Å²) in [6.07, 6.45) is 2.32. The molecule has 4 aromatic carbocycles. The fourth-order valence-corrected chi connectivity index (χ4v) is 4.34. The van der Waals surface area contributed by atoms with Crippen LogP contribution in [0.4, 0.5) is 0 Å². The summed E-state index contributed by atoms with van der Waals surface area (Å²) in [4.78, 5) is 0. The van der Waals surface area contributed by atoms with Crippen molar-refractivity contribution in [2.45, 2.75) is 25.0 Å². The van der Waals surface area contributed by atoms with Crippen molar-refractivity contribution in [2.75, 3.05) is 26.4 Å². The molecule has 0 aromatic heterocycles. The van der Waals surface area contributed by atoms with Crippen molar-refractivity contribution in [1.82, 2.24) is 0 Å². The average Bonchev–Trinajstić information content (AvgIpc) is 3.62. The lowest BCUT2D eigenvalue weighted by atomic mass is 9.94. The topological polar surface area (TPSA) is 40.2 Å². The van der Waals surface area contributed by atoms with Gasteiger partial charge in [-0.25, -0.2) is 0 Å². The Labute approximate surface area is 187 Å². The molecule has 0 amide bonds. The third-order valence-electron chi connectivity index (χ3n) is 6.37. The van der Waals surface area contributed by atoms with Gasteiger partial charge in [0, 0.05) is 25.0 Å². The zero-order valence-electron chi connectivity index (χ0n) is 18.0. The van der Waals surface area contributed by atoms with Crippen LogP contribution in [0.2, 0.25) is 0 Å². The molecule has 2 atom stereocenters. The summed E-state index contributed by atoms with van der Waals surface area (Å²) in [7, 11) is 0. The lowest BCUT2D eigenvalue weighted by molar-refractivity contribution is -0.0720. The standard InChI is InChI=1S/C28H26O4/c1-2-7-25-19(4-1)9-11-28(32-18-24-17-31-24)27(25)14-21-6-3-5-20-8-10-22(15-26(20)21)30-16-23-12-13-29-23/h1-11,15,23-24H,12-14,16-18H2. The van der Waals surface area contributed by atoms with Gasteiger partial charge in [0.1, 0.15) is 30.8 Å². The van der Waals surface area contributed by atoms with E-state index in [4.69, 9.17) is 18.9 Å². The summed E-state index contributed by atoms with van der Waals surface area (Å²) in [5, 5.41) is 4.88. The van der Waals surface area contributed by atoms with Crippen LogP contribution in [0.5, 0.6) is 11.5 Å². The van der Waals surface area contributed by atoms with Gasteiger partial charge in [0.15, 0.2) is 0 Å². The molecular formula is C28H26O4. The molecule has 0 spiro atoms. The Bertz CT molecular complexity index is 1260. The molecule has 162 valence electrons. The minimum atomic E-state index is 0.228. The lowest BCUT2D eigenvalue weighted by Gasteiger charge is -2.26. The summed E-state index contributed by atoms with van der Waals surface area (Å²) < 4.78 is 23.1. The van der Waals surface area contributed by atoms with Crippen LogP contribution in [0, 0.1) is 0 Å². The first kappa shape index (κ1) is 19.6. The minimum Gasteiger partial charge on any atom is -0.491 e. The summed E-state index contributed by atoms with van der Waals surface area (Å²) in [6.45, 7) is 2.85. The van der Waals surface area contributed by atoms with Crippen LogP contribution in [0.3, 0.4) is 0 Å². The summed E-state index contributed by atoms with van der Waals surface area (Å²) in [5.41, 5.74) is 2.47. The van der Waals surface area contributed by atoms with Crippen LogP contribution < -0.4 is 9.47 Å². The number of fused-ring (bicyclic) bond motifs is 2. The average molecular weight is 427 g/mol. The highest BCUT2D eigenvalue weighted by Gasteiger charge is 2.24. The molecule has 4 aromatic rings. The Hall–Kier alpha value is -3.08. The van der Waals surface area contributed by atoms with Crippen molar-refractivity contribution >= 4 is 21.5 Å². The molecule has 32 heavy (non-hydrogen) atoms. The molecule has 2 aliphatic heterocycles. The van der Waals surface area contributed by atoms with E-state index in [9.17, 15) is 0 Å². The molecule has 0 N–H and O–H groups in total. The smallest absolute Gasteiger partial charge is 0.123 e. The Morgan fingerprint density at radius 1 is 0.750 bits per heavy atom. The highest BCUT2D eigenvalue weighted by molar-refractivity contribution is 5.91. The number of rotatable bonds is 8. The van der Waals surface area contributed by atoms with Gasteiger partial charge >= 0.3 is 0 Å². The van der Waals surface area contributed by atoms with Gasteiger partial charge in [-0.3, -0.25) is 0 Å². The van der Waals surface area contributed by atoms with Crippen molar-refractivity contribution in [2.24, 2.45) is 0 Å². The molecule has 6 rings (SSSR count). The maximum Gasteiger partial charge on any atom is 0.123 e. The van der Waals surface area contributed by atoms with Crippen LogP contribution in [0.15, 0.2) is 72.8 Å². The summed E-state index contributed by atoms with van der Waals surface area (Å²) in [5.74, 6) is 1.83. The first-order valence-electron chi connectivity index (χ1n) is 11.3. The normalized spacial score (nSPS) is 19.6. The molecule has 0 saturated carbocycles. The van der Waals surface area contributed by atoms with E-state index in [0.29, 0.717) is 13.2 Å². The van der Waals surface area contributed by atoms with E-state index in [-0.39, 0.29) is 12.2 Å². The molecule has 2 fully saturated rings. The molecule has 2 aliphatic rings. The third-order valence-corrected chi connectivity index (χ3v) is 6.37. The predicted molar refractivity (Wildman–Crippen MR) is 126 cm³/mol. The zero-order chi connectivity index (χ0) is 21.3. The largest absolute Gasteiger partial charge is 0.491 e.